The van der Waals surface area contributed by atoms with Crippen LogP contribution in [-0.2, 0) is 9.59 Å². The highest BCUT2D eigenvalue weighted by Crippen LogP contribution is 2.49. The summed E-state index contributed by atoms with van der Waals surface area (Å²) in [6.07, 6.45) is 18.3. The van der Waals surface area contributed by atoms with Gasteiger partial charge in [0.15, 0.2) is 11.6 Å². The van der Waals surface area contributed by atoms with E-state index < -0.39 is 0 Å². The van der Waals surface area contributed by atoms with E-state index >= 15 is 0 Å². The molecular formula is C31H43NO2. The quantitative estimate of drug-likeness (QED) is 0.296. The van der Waals surface area contributed by atoms with Crippen LogP contribution in [0.3, 0.4) is 0 Å². The molecule has 1 aromatic rings. The first-order valence-corrected chi connectivity index (χ1v) is 14.1. The number of carbonyl (C=O) groups is 2. The maximum atomic E-state index is 13.3. The monoisotopic (exact) mass is 461 g/mol. The molecular weight excluding hydrogens is 418 g/mol. The molecule has 0 saturated heterocycles. The zero-order chi connectivity index (χ0) is 23.8. The van der Waals surface area contributed by atoms with Gasteiger partial charge >= 0.3 is 0 Å². The van der Waals surface area contributed by atoms with Crippen molar-refractivity contribution in [2.45, 2.75) is 116 Å². The number of hydrogen-bond donors (Lipinski definition) is 0. The van der Waals surface area contributed by atoms with Gasteiger partial charge in [-0.05, 0) is 37.7 Å². The largest absolute Gasteiger partial charge is 0.348 e. The van der Waals surface area contributed by atoms with Crippen molar-refractivity contribution in [3.63, 3.8) is 0 Å². The van der Waals surface area contributed by atoms with Crippen molar-refractivity contribution in [2.24, 2.45) is 0 Å². The van der Waals surface area contributed by atoms with Crippen LogP contribution in [0.1, 0.15) is 121 Å². The molecule has 0 aromatic heterocycles. The van der Waals surface area contributed by atoms with Gasteiger partial charge in [-0.25, -0.2) is 0 Å². The van der Waals surface area contributed by atoms with Gasteiger partial charge in [0.1, 0.15) is 0 Å². The standard InChI is InChI=1S/C31H43NO2/c1-2-3-4-5-6-7-8-9-10-14-23-32-25-19-15-21-27(33)30(25)29(24-17-12-11-13-18-24)31-26(32)20-16-22-28(31)34/h11-13,17-18,29H,2-10,14-16,19-23H2,1H3. The molecule has 1 heterocycles. The molecule has 0 N–H and O–H groups in total. The number of carbonyl (C=O) groups excluding carboxylic acids is 2. The van der Waals surface area contributed by atoms with Gasteiger partial charge in [-0.1, -0.05) is 95.0 Å². The number of ketones is 2. The van der Waals surface area contributed by atoms with Crippen LogP contribution in [0.4, 0.5) is 0 Å². The maximum Gasteiger partial charge on any atom is 0.161 e. The second kappa shape index (κ2) is 12.5. The van der Waals surface area contributed by atoms with E-state index in [1.54, 1.807) is 0 Å². The fraction of sp³-hybridized carbons (Fsp3) is 0.613. The van der Waals surface area contributed by atoms with E-state index in [1.807, 2.05) is 18.2 Å². The van der Waals surface area contributed by atoms with Crippen LogP contribution < -0.4 is 0 Å². The summed E-state index contributed by atoms with van der Waals surface area (Å²) in [6, 6.07) is 10.3. The third kappa shape index (κ3) is 5.73. The fourth-order valence-electron chi connectivity index (χ4n) is 6.22. The molecule has 0 bridgehead atoms. The number of nitrogens with zero attached hydrogens (tertiary/aromatic N) is 1. The van der Waals surface area contributed by atoms with Crippen LogP contribution in [0.5, 0.6) is 0 Å². The molecule has 0 unspecified atom stereocenters. The summed E-state index contributed by atoms with van der Waals surface area (Å²) in [5, 5.41) is 0. The number of allylic oxidation sites excluding steroid dienone is 4. The zero-order valence-corrected chi connectivity index (χ0v) is 21.2. The molecule has 3 nitrogen and oxygen atoms in total. The number of rotatable bonds is 12. The van der Waals surface area contributed by atoms with Crippen molar-refractivity contribution >= 4 is 11.6 Å². The van der Waals surface area contributed by atoms with Crippen molar-refractivity contribution in [1.82, 2.24) is 4.90 Å². The summed E-state index contributed by atoms with van der Waals surface area (Å²) in [4.78, 5) is 29.0. The Morgan fingerprint density at radius 2 is 1.18 bits per heavy atom. The lowest BCUT2D eigenvalue weighted by atomic mass is 9.71. The van der Waals surface area contributed by atoms with E-state index in [9.17, 15) is 9.59 Å². The van der Waals surface area contributed by atoms with E-state index in [4.69, 9.17) is 0 Å². The van der Waals surface area contributed by atoms with E-state index in [0.29, 0.717) is 12.8 Å². The minimum absolute atomic E-state index is 0.157. The number of Topliss-reactive ketones (excluding diaryl/α,β-unsaturated/α-hetero) is 2. The maximum absolute atomic E-state index is 13.3. The first kappa shape index (κ1) is 24.9. The van der Waals surface area contributed by atoms with Gasteiger partial charge in [0, 0.05) is 47.8 Å². The van der Waals surface area contributed by atoms with Gasteiger partial charge in [0.25, 0.3) is 0 Å². The molecule has 0 spiro atoms. The molecule has 1 aromatic carbocycles. The molecule has 0 amide bonds. The van der Waals surface area contributed by atoms with E-state index in [2.05, 4.69) is 24.0 Å². The molecule has 0 atom stereocenters. The Morgan fingerprint density at radius 1 is 0.676 bits per heavy atom. The molecule has 3 heteroatoms. The highest BCUT2D eigenvalue weighted by atomic mass is 16.1. The van der Waals surface area contributed by atoms with E-state index in [-0.39, 0.29) is 17.5 Å². The summed E-state index contributed by atoms with van der Waals surface area (Å²) in [7, 11) is 0. The van der Waals surface area contributed by atoms with Gasteiger partial charge < -0.3 is 4.90 Å². The van der Waals surface area contributed by atoms with Gasteiger partial charge in [0.05, 0.1) is 0 Å². The Labute approximate surface area is 206 Å². The Morgan fingerprint density at radius 3 is 1.71 bits per heavy atom. The lowest BCUT2D eigenvalue weighted by molar-refractivity contribution is -0.117. The Bertz CT molecular complexity index is 867. The number of benzene rings is 1. The Balaban J connectivity index is 1.46. The van der Waals surface area contributed by atoms with Crippen molar-refractivity contribution in [3.8, 4) is 0 Å². The summed E-state index contributed by atoms with van der Waals surface area (Å²) < 4.78 is 0. The predicted molar refractivity (Wildman–Crippen MR) is 140 cm³/mol. The van der Waals surface area contributed by atoms with Crippen molar-refractivity contribution in [3.05, 3.63) is 58.4 Å². The van der Waals surface area contributed by atoms with Crippen LogP contribution in [-0.4, -0.2) is 23.0 Å². The van der Waals surface area contributed by atoms with Gasteiger partial charge in [-0.3, -0.25) is 9.59 Å². The van der Waals surface area contributed by atoms with Gasteiger partial charge in [0.2, 0.25) is 0 Å². The third-order valence-corrected chi connectivity index (χ3v) is 7.95. The smallest absolute Gasteiger partial charge is 0.161 e. The molecule has 1 aliphatic heterocycles. The third-order valence-electron chi connectivity index (χ3n) is 7.95. The zero-order valence-electron chi connectivity index (χ0n) is 21.2. The first-order valence-electron chi connectivity index (χ1n) is 14.1. The SMILES string of the molecule is CCCCCCCCCCCCN1C2=C(C(=O)CCC2)C(c2ccccc2)C2=C1CCCC2=O. The van der Waals surface area contributed by atoms with Gasteiger partial charge in [-0.2, -0.15) is 0 Å². The average Bonchev–Trinajstić information content (AvgIpc) is 2.86. The van der Waals surface area contributed by atoms with Crippen LogP contribution in [0, 0.1) is 0 Å². The topological polar surface area (TPSA) is 37.4 Å². The first-order chi connectivity index (χ1) is 16.7. The molecule has 0 radical (unpaired) electrons. The highest BCUT2D eigenvalue weighted by Gasteiger charge is 2.42. The van der Waals surface area contributed by atoms with Crippen LogP contribution >= 0.6 is 0 Å². The van der Waals surface area contributed by atoms with Crippen LogP contribution in [0.2, 0.25) is 0 Å². The molecule has 34 heavy (non-hydrogen) atoms. The molecule has 0 saturated carbocycles. The Hall–Kier alpha value is -2.16. The van der Waals surface area contributed by atoms with Crippen molar-refractivity contribution in [2.75, 3.05) is 6.54 Å². The number of hydrogen-bond acceptors (Lipinski definition) is 3. The van der Waals surface area contributed by atoms with Crippen LogP contribution in [0.15, 0.2) is 52.9 Å². The lowest BCUT2D eigenvalue weighted by Crippen LogP contribution is -2.39. The van der Waals surface area contributed by atoms with Gasteiger partial charge in [-0.15, -0.1) is 0 Å². The average molecular weight is 462 g/mol. The van der Waals surface area contributed by atoms with Crippen LogP contribution in [0.25, 0.3) is 0 Å². The summed E-state index contributed by atoms with van der Waals surface area (Å²) in [5.41, 5.74) is 5.42. The molecule has 2 aliphatic carbocycles. The molecule has 4 rings (SSSR count). The predicted octanol–water partition coefficient (Wildman–Crippen LogP) is 8.02. The molecule has 0 fully saturated rings. The fourth-order valence-corrected chi connectivity index (χ4v) is 6.22. The van der Waals surface area contributed by atoms with E-state index in [1.165, 1.54) is 69.2 Å². The molecule has 3 aliphatic rings. The highest BCUT2D eigenvalue weighted by molar-refractivity contribution is 6.06. The number of unbranched alkanes of at least 4 members (excludes halogenated alkanes) is 9. The minimum Gasteiger partial charge on any atom is -0.348 e. The van der Waals surface area contributed by atoms with E-state index in [0.717, 1.165) is 55.4 Å². The normalized spacial score (nSPS) is 19.0. The minimum atomic E-state index is -0.157. The summed E-state index contributed by atoms with van der Waals surface area (Å²) in [5.74, 6) is 0.358. The lowest BCUT2D eigenvalue weighted by Gasteiger charge is -2.44. The summed E-state index contributed by atoms with van der Waals surface area (Å²) >= 11 is 0. The second-order valence-electron chi connectivity index (χ2n) is 10.5. The second-order valence-corrected chi connectivity index (χ2v) is 10.5. The molecule has 184 valence electrons. The summed E-state index contributed by atoms with van der Waals surface area (Å²) in [6.45, 7) is 3.23. The van der Waals surface area contributed by atoms with Crippen molar-refractivity contribution < 1.29 is 9.59 Å². The Kier molecular flexibility index (Phi) is 9.18. The van der Waals surface area contributed by atoms with Crippen molar-refractivity contribution in [1.29, 1.82) is 0 Å².